The van der Waals surface area contributed by atoms with Crippen molar-refractivity contribution in [2.24, 2.45) is 0 Å². The van der Waals surface area contributed by atoms with Crippen molar-refractivity contribution in [2.45, 2.75) is 6.04 Å². The van der Waals surface area contributed by atoms with Crippen LogP contribution >= 0.6 is 0 Å². The Balaban J connectivity index is 2.13. The largest absolute Gasteiger partial charge is 0.497 e. The number of morpholine rings is 1. The minimum absolute atomic E-state index is 0.107. The van der Waals surface area contributed by atoms with Gasteiger partial charge in [0.05, 0.1) is 20.3 Å². The molecule has 0 aliphatic carbocycles. The van der Waals surface area contributed by atoms with Gasteiger partial charge in [0.25, 0.3) is 0 Å². The van der Waals surface area contributed by atoms with E-state index in [0.717, 1.165) is 37.6 Å². The van der Waals surface area contributed by atoms with Gasteiger partial charge < -0.3 is 14.4 Å². The van der Waals surface area contributed by atoms with Gasteiger partial charge in [-0.3, -0.25) is 0 Å². The summed E-state index contributed by atoms with van der Waals surface area (Å²) in [4.78, 5) is 1.28. The highest BCUT2D eigenvalue weighted by Crippen LogP contribution is 2.15. The van der Waals surface area contributed by atoms with E-state index < -0.39 is 0 Å². The number of nitrogens with one attached hydrogen (secondary N) is 1. The average Bonchev–Trinajstić information content (AvgIpc) is 2.42. The fraction of sp³-hybridized carbons (Fsp3) is 0.462. The van der Waals surface area contributed by atoms with Crippen LogP contribution in [-0.2, 0) is 4.74 Å². The van der Waals surface area contributed by atoms with Crippen molar-refractivity contribution in [1.82, 2.24) is 0 Å². The Bertz CT molecular complexity index is 391. The SMILES string of the molecule is COc1ccc([C@H](C#N)[NH+]2CCOCC2)cc1. The first kappa shape index (κ1) is 11.9. The molecule has 1 saturated heterocycles. The topological polar surface area (TPSA) is 46.7 Å². The summed E-state index contributed by atoms with van der Waals surface area (Å²) < 4.78 is 10.4. The molecule has 0 radical (unpaired) electrons. The average molecular weight is 233 g/mol. The molecule has 90 valence electrons. The first-order valence-corrected chi connectivity index (χ1v) is 5.81. The van der Waals surface area contributed by atoms with E-state index in [4.69, 9.17) is 9.47 Å². The summed E-state index contributed by atoms with van der Waals surface area (Å²) >= 11 is 0. The second kappa shape index (κ2) is 5.67. The minimum atomic E-state index is -0.107. The zero-order valence-corrected chi connectivity index (χ0v) is 9.98. The van der Waals surface area contributed by atoms with E-state index in [1.165, 1.54) is 4.90 Å². The van der Waals surface area contributed by atoms with Crippen molar-refractivity contribution < 1.29 is 14.4 Å². The number of benzene rings is 1. The van der Waals surface area contributed by atoms with Gasteiger partial charge >= 0.3 is 0 Å². The summed E-state index contributed by atoms with van der Waals surface area (Å²) in [5.74, 6) is 0.822. The van der Waals surface area contributed by atoms with Crippen molar-refractivity contribution in [3.05, 3.63) is 29.8 Å². The second-order valence-electron chi connectivity index (χ2n) is 4.11. The summed E-state index contributed by atoms with van der Waals surface area (Å²) in [5.41, 5.74) is 1.05. The van der Waals surface area contributed by atoms with E-state index in [1.54, 1.807) is 7.11 Å². The molecule has 0 bridgehead atoms. The van der Waals surface area contributed by atoms with Gasteiger partial charge in [-0.15, -0.1) is 0 Å². The summed E-state index contributed by atoms with van der Waals surface area (Å²) in [6.07, 6.45) is 0. The Morgan fingerprint density at radius 1 is 1.29 bits per heavy atom. The predicted octanol–water partition coefficient (Wildman–Crippen LogP) is 0.175. The molecule has 0 aromatic heterocycles. The number of quaternary nitrogens is 1. The zero-order chi connectivity index (χ0) is 12.1. The number of rotatable bonds is 3. The van der Waals surface area contributed by atoms with Crippen LogP contribution in [0.4, 0.5) is 0 Å². The molecule has 4 nitrogen and oxygen atoms in total. The van der Waals surface area contributed by atoms with E-state index in [2.05, 4.69) is 6.07 Å². The maximum Gasteiger partial charge on any atom is 0.200 e. The van der Waals surface area contributed by atoms with Crippen LogP contribution in [0.3, 0.4) is 0 Å². The quantitative estimate of drug-likeness (QED) is 0.810. The van der Waals surface area contributed by atoms with E-state index in [1.807, 2.05) is 24.3 Å². The van der Waals surface area contributed by atoms with Crippen molar-refractivity contribution in [3.8, 4) is 11.8 Å². The predicted molar refractivity (Wildman–Crippen MR) is 62.9 cm³/mol. The Morgan fingerprint density at radius 2 is 1.94 bits per heavy atom. The van der Waals surface area contributed by atoms with Crippen LogP contribution in [0.25, 0.3) is 0 Å². The molecule has 1 fully saturated rings. The van der Waals surface area contributed by atoms with E-state index >= 15 is 0 Å². The van der Waals surface area contributed by atoms with Crippen LogP contribution in [0.5, 0.6) is 5.75 Å². The number of hydrogen-bond acceptors (Lipinski definition) is 3. The van der Waals surface area contributed by atoms with Gasteiger partial charge in [-0.1, -0.05) is 0 Å². The van der Waals surface area contributed by atoms with Gasteiger partial charge in [0.15, 0.2) is 0 Å². The van der Waals surface area contributed by atoms with Gasteiger partial charge in [0, 0.05) is 5.56 Å². The normalized spacial score (nSPS) is 18.4. The van der Waals surface area contributed by atoms with Gasteiger partial charge in [0.2, 0.25) is 6.04 Å². The molecule has 1 heterocycles. The maximum atomic E-state index is 9.32. The molecule has 2 rings (SSSR count). The van der Waals surface area contributed by atoms with Crippen LogP contribution in [0.15, 0.2) is 24.3 Å². The lowest BCUT2D eigenvalue weighted by molar-refractivity contribution is -0.930. The Kier molecular flexibility index (Phi) is 3.97. The Hall–Kier alpha value is -1.57. The molecule has 1 N–H and O–H groups in total. The first-order chi connectivity index (χ1) is 8.35. The molecule has 0 saturated carbocycles. The lowest BCUT2D eigenvalue weighted by Gasteiger charge is -2.27. The Morgan fingerprint density at radius 3 is 2.47 bits per heavy atom. The molecule has 0 spiro atoms. The van der Waals surface area contributed by atoms with Crippen LogP contribution in [0.2, 0.25) is 0 Å². The number of methoxy groups -OCH3 is 1. The molecule has 1 aliphatic rings. The highest BCUT2D eigenvalue weighted by Gasteiger charge is 2.25. The fourth-order valence-electron chi connectivity index (χ4n) is 2.12. The molecule has 1 aromatic rings. The Labute approximate surface area is 101 Å². The monoisotopic (exact) mass is 233 g/mol. The standard InChI is InChI=1S/C13H16N2O2/c1-16-12-4-2-11(3-5-12)13(10-14)15-6-8-17-9-7-15/h2-5,13H,6-9H2,1H3/p+1/t13-/m0/s1. The summed E-state index contributed by atoms with van der Waals surface area (Å²) in [5, 5.41) is 9.32. The summed E-state index contributed by atoms with van der Waals surface area (Å²) in [6, 6.07) is 10.0. The summed E-state index contributed by atoms with van der Waals surface area (Å²) in [7, 11) is 1.64. The summed E-state index contributed by atoms with van der Waals surface area (Å²) in [6.45, 7) is 3.27. The van der Waals surface area contributed by atoms with Crippen LogP contribution in [0.1, 0.15) is 11.6 Å². The third kappa shape index (κ3) is 2.76. The minimum Gasteiger partial charge on any atom is -0.497 e. The zero-order valence-electron chi connectivity index (χ0n) is 9.98. The van der Waals surface area contributed by atoms with Crippen LogP contribution in [-0.4, -0.2) is 33.4 Å². The van der Waals surface area contributed by atoms with Crippen molar-refractivity contribution >= 4 is 0 Å². The smallest absolute Gasteiger partial charge is 0.200 e. The van der Waals surface area contributed by atoms with Crippen LogP contribution in [0, 0.1) is 11.3 Å². The van der Waals surface area contributed by atoms with Crippen LogP contribution < -0.4 is 9.64 Å². The van der Waals surface area contributed by atoms with Crippen molar-refractivity contribution in [1.29, 1.82) is 5.26 Å². The van der Waals surface area contributed by atoms with Gasteiger partial charge in [-0.05, 0) is 24.3 Å². The van der Waals surface area contributed by atoms with E-state index in [9.17, 15) is 5.26 Å². The highest BCUT2D eigenvalue weighted by atomic mass is 16.5. The molecule has 1 aromatic carbocycles. The molecular formula is C13H17N2O2+. The van der Waals surface area contributed by atoms with Gasteiger partial charge in [-0.25, -0.2) is 0 Å². The third-order valence-electron chi connectivity index (χ3n) is 3.12. The molecule has 1 atom stereocenters. The first-order valence-electron chi connectivity index (χ1n) is 5.81. The lowest BCUT2D eigenvalue weighted by atomic mass is 10.1. The second-order valence-corrected chi connectivity index (χ2v) is 4.11. The number of ether oxygens (including phenoxy) is 2. The number of nitriles is 1. The number of nitrogens with zero attached hydrogens (tertiary/aromatic N) is 1. The molecular weight excluding hydrogens is 216 g/mol. The molecule has 0 unspecified atom stereocenters. The molecule has 4 heteroatoms. The van der Waals surface area contributed by atoms with E-state index in [-0.39, 0.29) is 6.04 Å². The maximum absolute atomic E-state index is 9.32. The lowest BCUT2D eigenvalue weighted by Crippen LogP contribution is -3.14. The molecule has 17 heavy (non-hydrogen) atoms. The molecule has 0 amide bonds. The fourth-order valence-corrected chi connectivity index (χ4v) is 2.12. The van der Waals surface area contributed by atoms with E-state index in [0.29, 0.717) is 0 Å². The highest BCUT2D eigenvalue weighted by molar-refractivity contribution is 5.30. The molecule has 1 aliphatic heterocycles. The van der Waals surface area contributed by atoms with Crippen molar-refractivity contribution in [2.75, 3.05) is 33.4 Å². The van der Waals surface area contributed by atoms with Gasteiger partial charge in [-0.2, -0.15) is 5.26 Å². The van der Waals surface area contributed by atoms with Crippen molar-refractivity contribution in [3.63, 3.8) is 0 Å². The number of hydrogen-bond donors (Lipinski definition) is 1. The van der Waals surface area contributed by atoms with Gasteiger partial charge in [0.1, 0.15) is 24.9 Å². The third-order valence-corrected chi connectivity index (χ3v) is 3.12.